The van der Waals surface area contributed by atoms with Crippen molar-refractivity contribution in [2.45, 2.75) is 0 Å². The smallest absolute Gasteiger partial charge is 0.160 e. The fourth-order valence-corrected chi connectivity index (χ4v) is 8.32. The summed E-state index contributed by atoms with van der Waals surface area (Å²) in [5, 5.41) is 41.4. The number of nitrogens with zero attached hydrogens (tertiary/aromatic N) is 7. The Balaban J connectivity index is 1.31. The summed E-state index contributed by atoms with van der Waals surface area (Å²) in [5.74, 6) is 0.536. The molecular weight excluding hydrogens is 771 g/mol. The number of aromatic nitrogens is 3. The summed E-state index contributed by atoms with van der Waals surface area (Å²) in [7, 11) is 0. The van der Waals surface area contributed by atoms with Crippen LogP contribution in [0.15, 0.2) is 188 Å². The van der Waals surface area contributed by atoms with E-state index in [1.54, 1.807) is 12.1 Å². The number of hydrogen-bond acceptors (Lipinski definition) is 6. The van der Waals surface area contributed by atoms with Crippen LogP contribution >= 0.6 is 0 Å². The number of nitriles is 4. The average Bonchev–Trinajstić information content (AvgIpc) is 3.69. The van der Waals surface area contributed by atoms with Gasteiger partial charge < -0.3 is 4.57 Å². The van der Waals surface area contributed by atoms with Gasteiger partial charge in [-0.05, 0) is 95.1 Å². The van der Waals surface area contributed by atoms with Crippen molar-refractivity contribution in [2.24, 2.45) is 0 Å². The summed E-state index contributed by atoms with van der Waals surface area (Å²) < 4.78 is 2.28. The highest BCUT2D eigenvalue weighted by Crippen LogP contribution is 2.45. The minimum Gasteiger partial charge on any atom is -0.308 e. The van der Waals surface area contributed by atoms with Gasteiger partial charge in [-0.25, -0.2) is 9.97 Å². The highest BCUT2D eigenvalue weighted by Gasteiger charge is 2.23. The van der Waals surface area contributed by atoms with Crippen LogP contribution in [-0.2, 0) is 0 Å². The molecule has 0 aliphatic heterocycles. The van der Waals surface area contributed by atoms with Crippen molar-refractivity contribution in [3.8, 4) is 97.2 Å². The van der Waals surface area contributed by atoms with Crippen LogP contribution in [-0.4, -0.2) is 14.5 Å². The molecular formula is C56H31N7. The van der Waals surface area contributed by atoms with Crippen LogP contribution in [0.4, 0.5) is 0 Å². The summed E-state index contributed by atoms with van der Waals surface area (Å²) in [6, 6.07) is 70.3. The van der Waals surface area contributed by atoms with Crippen molar-refractivity contribution in [2.75, 3.05) is 0 Å². The zero-order valence-electron chi connectivity index (χ0n) is 33.5. The van der Waals surface area contributed by atoms with Gasteiger partial charge in [0.1, 0.15) is 0 Å². The van der Waals surface area contributed by atoms with E-state index < -0.39 is 0 Å². The highest BCUT2D eigenvalue weighted by atomic mass is 15.0. The third-order valence-electron chi connectivity index (χ3n) is 11.4. The van der Waals surface area contributed by atoms with Crippen LogP contribution in [0.5, 0.6) is 0 Å². The average molecular weight is 802 g/mol. The lowest BCUT2D eigenvalue weighted by atomic mass is 9.91. The number of benzene rings is 8. The minimum absolute atomic E-state index is 0.424. The Morgan fingerprint density at radius 2 is 0.857 bits per heavy atom. The van der Waals surface area contributed by atoms with Crippen LogP contribution in [0, 0.1) is 45.3 Å². The fraction of sp³-hybridized carbons (Fsp3) is 0. The Morgan fingerprint density at radius 1 is 0.349 bits per heavy atom. The molecule has 2 aromatic heterocycles. The molecule has 0 fully saturated rings. The van der Waals surface area contributed by atoms with Crippen molar-refractivity contribution < 1.29 is 0 Å². The first-order chi connectivity index (χ1) is 31.0. The molecule has 63 heavy (non-hydrogen) atoms. The monoisotopic (exact) mass is 801 g/mol. The molecule has 0 N–H and O–H groups in total. The summed E-state index contributed by atoms with van der Waals surface area (Å²) >= 11 is 0. The van der Waals surface area contributed by atoms with Crippen molar-refractivity contribution in [1.29, 1.82) is 21.0 Å². The SMILES string of the molecule is N#Cc1ccc(-c2cc(-c3nc(-c4ccccc4)cc(-c4ccccc4)n3)cc(-c3ccc(C#N)cc3)c2-n2c3ccccc3c3cc(-c4ccc(C#N)cc4C#N)ccc32)cc1. The Kier molecular flexibility index (Phi) is 9.60. The van der Waals surface area contributed by atoms with Gasteiger partial charge in [-0.3, -0.25) is 0 Å². The van der Waals surface area contributed by atoms with Crippen LogP contribution in [0.2, 0.25) is 0 Å². The summed E-state index contributed by atoms with van der Waals surface area (Å²) in [5.41, 5.74) is 14.0. The van der Waals surface area contributed by atoms with Gasteiger partial charge in [0.25, 0.3) is 0 Å². The molecule has 2 heterocycles. The van der Waals surface area contributed by atoms with E-state index in [4.69, 9.17) is 9.97 Å². The molecule has 10 rings (SSSR count). The second-order valence-corrected chi connectivity index (χ2v) is 15.1. The predicted molar refractivity (Wildman–Crippen MR) is 248 cm³/mol. The summed E-state index contributed by atoms with van der Waals surface area (Å²) in [6.07, 6.45) is 0. The quantitative estimate of drug-likeness (QED) is 0.158. The molecule has 0 unspecified atom stereocenters. The molecule has 0 saturated carbocycles. The molecule has 0 saturated heterocycles. The van der Waals surface area contributed by atoms with Gasteiger partial charge in [0.15, 0.2) is 5.82 Å². The third kappa shape index (κ3) is 6.91. The van der Waals surface area contributed by atoms with Gasteiger partial charge in [-0.15, -0.1) is 0 Å². The third-order valence-corrected chi connectivity index (χ3v) is 11.4. The second kappa shape index (κ2) is 16.0. The number of para-hydroxylation sites is 1. The second-order valence-electron chi connectivity index (χ2n) is 15.1. The number of rotatable bonds is 7. The molecule has 0 spiro atoms. The predicted octanol–water partition coefficient (Wildman–Crippen LogP) is 13.1. The first-order valence-electron chi connectivity index (χ1n) is 20.2. The lowest BCUT2D eigenvalue weighted by molar-refractivity contribution is 1.17. The summed E-state index contributed by atoms with van der Waals surface area (Å²) in [6.45, 7) is 0. The van der Waals surface area contributed by atoms with Gasteiger partial charge in [-0.1, -0.05) is 115 Å². The largest absolute Gasteiger partial charge is 0.308 e. The summed E-state index contributed by atoms with van der Waals surface area (Å²) in [4.78, 5) is 10.5. The van der Waals surface area contributed by atoms with E-state index in [0.717, 1.165) is 89.0 Å². The van der Waals surface area contributed by atoms with Crippen LogP contribution in [0.1, 0.15) is 22.3 Å². The van der Waals surface area contributed by atoms with E-state index >= 15 is 0 Å². The van der Waals surface area contributed by atoms with Crippen molar-refractivity contribution >= 4 is 21.8 Å². The van der Waals surface area contributed by atoms with Gasteiger partial charge in [-0.2, -0.15) is 21.0 Å². The topological polar surface area (TPSA) is 126 Å². The Morgan fingerprint density at radius 3 is 1.41 bits per heavy atom. The van der Waals surface area contributed by atoms with Crippen molar-refractivity contribution in [3.63, 3.8) is 0 Å². The molecule has 0 amide bonds. The Labute approximate surface area is 363 Å². The van der Waals surface area contributed by atoms with Gasteiger partial charge >= 0.3 is 0 Å². The van der Waals surface area contributed by atoms with Crippen LogP contribution in [0.25, 0.3) is 94.8 Å². The molecule has 0 radical (unpaired) electrons. The molecule has 0 bridgehead atoms. The molecule has 0 aliphatic carbocycles. The number of fused-ring (bicyclic) bond motifs is 3. The molecule has 7 heteroatoms. The first-order valence-corrected chi connectivity index (χ1v) is 20.2. The van der Waals surface area contributed by atoms with Crippen LogP contribution < -0.4 is 0 Å². The maximum absolute atomic E-state index is 10.1. The van der Waals surface area contributed by atoms with Crippen molar-refractivity contribution in [1.82, 2.24) is 14.5 Å². The lowest BCUT2D eigenvalue weighted by Crippen LogP contribution is -2.03. The molecule has 0 aliphatic rings. The molecule has 8 aromatic carbocycles. The van der Waals surface area contributed by atoms with E-state index in [2.05, 4.69) is 65.2 Å². The molecule has 10 aromatic rings. The maximum atomic E-state index is 10.1. The van der Waals surface area contributed by atoms with Gasteiger partial charge in [0, 0.05) is 38.6 Å². The van der Waals surface area contributed by atoms with Crippen LogP contribution in [0.3, 0.4) is 0 Å². The van der Waals surface area contributed by atoms with E-state index in [9.17, 15) is 21.0 Å². The lowest BCUT2D eigenvalue weighted by Gasteiger charge is -2.21. The van der Waals surface area contributed by atoms with Gasteiger partial charge in [0.2, 0.25) is 0 Å². The van der Waals surface area contributed by atoms with E-state index in [0.29, 0.717) is 28.1 Å². The zero-order valence-corrected chi connectivity index (χ0v) is 33.5. The van der Waals surface area contributed by atoms with E-state index in [1.165, 1.54) is 0 Å². The normalized spacial score (nSPS) is 10.8. The molecule has 290 valence electrons. The van der Waals surface area contributed by atoms with Gasteiger partial charge in [0.05, 0.1) is 74.6 Å². The maximum Gasteiger partial charge on any atom is 0.160 e. The highest BCUT2D eigenvalue weighted by molar-refractivity contribution is 6.12. The van der Waals surface area contributed by atoms with E-state index in [1.807, 2.05) is 140 Å². The molecule has 0 atom stereocenters. The first kappa shape index (κ1) is 37.8. The minimum atomic E-state index is 0.424. The Bertz CT molecular complexity index is 3440. The fourth-order valence-electron chi connectivity index (χ4n) is 8.32. The standard InChI is InChI=1S/C56H31N7/c57-32-36-15-20-39(21-16-36)48-29-44(56-61-51(41-9-3-1-4-10-41)31-52(62-56)42-11-5-2-6-12-42)30-49(40-22-17-37(33-58)18-23-40)55(48)63-53-14-8-7-13-47(53)50-28-43(24-26-54(50)63)46-25-19-38(34-59)27-45(46)35-60/h1-31H. The zero-order chi connectivity index (χ0) is 42.9. The molecule has 7 nitrogen and oxygen atoms in total. The van der Waals surface area contributed by atoms with E-state index in [-0.39, 0.29) is 0 Å². The Hall–Kier alpha value is -9.40. The van der Waals surface area contributed by atoms with Crippen molar-refractivity contribution in [3.05, 3.63) is 210 Å². The number of hydrogen-bond donors (Lipinski definition) is 0.